The maximum atomic E-state index is 11.3. The highest BCUT2D eigenvalue weighted by molar-refractivity contribution is 5.99. The van der Waals surface area contributed by atoms with E-state index >= 15 is 0 Å². The number of Topliss-reactive ketones (excluding diaryl/α,β-unsaturated/α-hetero) is 1. The van der Waals surface area contributed by atoms with Crippen LogP contribution in [-0.2, 0) is 0 Å². The van der Waals surface area contributed by atoms with Crippen molar-refractivity contribution in [1.29, 1.82) is 0 Å². The molecule has 1 aliphatic rings. The Balaban J connectivity index is 1.68. The molecule has 2 unspecified atom stereocenters. The average molecular weight is 266 g/mol. The van der Waals surface area contributed by atoms with Gasteiger partial charge in [0.2, 0.25) is 0 Å². The van der Waals surface area contributed by atoms with E-state index in [-0.39, 0.29) is 5.78 Å². The molecule has 3 nitrogen and oxygen atoms in total. The van der Waals surface area contributed by atoms with Crippen molar-refractivity contribution in [2.45, 2.75) is 25.3 Å². The number of hydrogen-bond donors (Lipinski definition) is 2. The number of nitrogens with one attached hydrogen (secondary N) is 1. The monoisotopic (exact) mass is 266 g/mol. The lowest BCUT2D eigenvalue weighted by atomic mass is 10.1. The summed E-state index contributed by atoms with van der Waals surface area (Å²) in [6.45, 7) is 1.53. The van der Waals surface area contributed by atoms with Gasteiger partial charge in [0.1, 0.15) is 0 Å². The third kappa shape index (κ3) is 2.52. The zero-order valence-electron chi connectivity index (χ0n) is 11.5. The molecule has 1 aliphatic carbocycles. The predicted octanol–water partition coefficient (Wildman–Crippen LogP) is 3.44. The van der Waals surface area contributed by atoms with Crippen molar-refractivity contribution in [3.05, 3.63) is 59.7 Å². The molecular weight excluding hydrogens is 248 g/mol. The van der Waals surface area contributed by atoms with Crippen molar-refractivity contribution in [3.8, 4) is 0 Å². The van der Waals surface area contributed by atoms with Gasteiger partial charge in [-0.25, -0.2) is 0 Å². The minimum Gasteiger partial charge on any atom is -0.398 e. The second-order valence-corrected chi connectivity index (χ2v) is 5.36. The van der Waals surface area contributed by atoms with Crippen LogP contribution in [0.2, 0.25) is 0 Å². The minimum absolute atomic E-state index is 0.00244. The van der Waals surface area contributed by atoms with Gasteiger partial charge in [0, 0.05) is 28.9 Å². The fourth-order valence-corrected chi connectivity index (χ4v) is 2.61. The highest BCUT2D eigenvalue weighted by Crippen LogP contribution is 2.42. The SMILES string of the molecule is CC(=O)c1ccc(NC2CC2c2ccccc2)cc1N. The summed E-state index contributed by atoms with van der Waals surface area (Å²) in [5.41, 5.74) is 9.39. The summed E-state index contributed by atoms with van der Waals surface area (Å²) in [7, 11) is 0. The quantitative estimate of drug-likeness (QED) is 0.658. The zero-order valence-corrected chi connectivity index (χ0v) is 11.5. The molecular formula is C17H18N2O. The average Bonchev–Trinajstić information content (AvgIpc) is 3.18. The van der Waals surface area contributed by atoms with Gasteiger partial charge in [0.05, 0.1) is 0 Å². The Morgan fingerprint density at radius 2 is 1.95 bits per heavy atom. The Morgan fingerprint density at radius 1 is 1.20 bits per heavy atom. The van der Waals surface area contributed by atoms with Gasteiger partial charge in [0.15, 0.2) is 5.78 Å². The zero-order chi connectivity index (χ0) is 14.1. The fourth-order valence-electron chi connectivity index (χ4n) is 2.61. The summed E-state index contributed by atoms with van der Waals surface area (Å²) < 4.78 is 0. The van der Waals surface area contributed by atoms with Crippen LogP contribution in [0.5, 0.6) is 0 Å². The smallest absolute Gasteiger partial charge is 0.161 e. The maximum absolute atomic E-state index is 11.3. The van der Waals surface area contributed by atoms with Crippen LogP contribution < -0.4 is 11.1 Å². The molecule has 0 radical (unpaired) electrons. The number of hydrogen-bond acceptors (Lipinski definition) is 3. The predicted molar refractivity (Wildman–Crippen MR) is 82.1 cm³/mol. The number of carbonyl (C=O) groups is 1. The highest BCUT2D eigenvalue weighted by Gasteiger charge is 2.38. The Hall–Kier alpha value is -2.29. The summed E-state index contributed by atoms with van der Waals surface area (Å²) in [5, 5.41) is 3.48. The molecule has 3 rings (SSSR count). The van der Waals surface area contributed by atoms with Crippen molar-refractivity contribution in [2.75, 3.05) is 11.1 Å². The van der Waals surface area contributed by atoms with Crippen LogP contribution in [0, 0.1) is 0 Å². The van der Waals surface area contributed by atoms with Crippen molar-refractivity contribution in [1.82, 2.24) is 0 Å². The first kappa shape index (κ1) is 12.7. The van der Waals surface area contributed by atoms with Crippen molar-refractivity contribution in [3.63, 3.8) is 0 Å². The molecule has 3 heteroatoms. The van der Waals surface area contributed by atoms with Gasteiger partial charge in [-0.1, -0.05) is 30.3 Å². The lowest BCUT2D eigenvalue weighted by molar-refractivity contribution is 0.101. The van der Waals surface area contributed by atoms with E-state index in [0.29, 0.717) is 23.2 Å². The van der Waals surface area contributed by atoms with Crippen molar-refractivity contribution >= 4 is 17.2 Å². The molecule has 2 aromatic carbocycles. The first-order valence-electron chi connectivity index (χ1n) is 6.87. The van der Waals surface area contributed by atoms with Gasteiger partial charge in [0.25, 0.3) is 0 Å². The Kier molecular flexibility index (Phi) is 3.18. The lowest BCUT2D eigenvalue weighted by Gasteiger charge is -2.09. The van der Waals surface area contributed by atoms with Crippen LogP contribution in [0.15, 0.2) is 48.5 Å². The normalized spacial score (nSPS) is 20.4. The molecule has 20 heavy (non-hydrogen) atoms. The number of rotatable bonds is 4. The van der Waals surface area contributed by atoms with Crippen LogP contribution in [0.1, 0.15) is 35.2 Å². The molecule has 0 bridgehead atoms. The van der Waals surface area contributed by atoms with Crippen molar-refractivity contribution < 1.29 is 4.79 Å². The van der Waals surface area contributed by atoms with Gasteiger partial charge in [-0.15, -0.1) is 0 Å². The Bertz CT molecular complexity index is 637. The largest absolute Gasteiger partial charge is 0.398 e. The highest BCUT2D eigenvalue weighted by atomic mass is 16.1. The van der Waals surface area contributed by atoms with E-state index in [1.54, 1.807) is 6.07 Å². The molecule has 0 spiro atoms. The molecule has 0 aliphatic heterocycles. The van der Waals surface area contributed by atoms with E-state index in [2.05, 4.69) is 29.6 Å². The lowest BCUT2D eigenvalue weighted by Crippen LogP contribution is -2.06. The maximum Gasteiger partial charge on any atom is 0.161 e. The molecule has 0 amide bonds. The molecule has 0 heterocycles. The second kappa shape index (κ2) is 5.00. The number of anilines is 2. The van der Waals surface area contributed by atoms with Crippen molar-refractivity contribution in [2.24, 2.45) is 0 Å². The summed E-state index contributed by atoms with van der Waals surface area (Å²) in [4.78, 5) is 11.3. The number of carbonyl (C=O) groups excluding carboxylic acids is 1. The molecule has 2 atom stereocenters. The number of benzene rings is 2. The Labute approximate surface area is 118 Å². The van der Waals surface area contributed by atoms with Crippen LogP contribution in [0.3, 0.4) is 0 Å². The summed E-state index contributed by atoms with van der Waals surface area (Å²) in [5.74, 6) is 0.576. The van der Waals surface area contributed by atoms with E-state index in [1.165, 1.54) is 12.5 Å². The number of nitrogens with two attached hydrogens (primary N) is 1. The molecule has 1 fully saturated rings. The van der Waals surface area contributed by atoms with Crippen LogP contribution in [-0.4, -0.2) is 11.8 Å². The van der Waals surface area contributed by atoms with Gasteiger partial charge < -0.3 is 11.1 Å². The van der Waals surface area contributed by atoms with E-state index in [0.717, 1.165) is 12.1 Å². The first-order chi connectivity index (χ1) is 9.65. The van der Waals surface area contributed by atoms with Crippen LogP contribution >= 0.6 is 0 Å². The van der Waals surface area contributed by atoms with E-state index in [4.69, 9.17) is 5.73 Å². The molecule has 0 saturated heterocycles. The van der Waals surface area contributed by atoms with Gasteiger partial charge >= 0.3 is 0 Å². The molecule has 102 valence electrons. The third-order valence-electron chi connectivity index (χ3n) is 3.80. The van der Waals surface area contributed by atoms with Gasteiger partial charge in [-0.2, -0.15) is 0 Å². The molecule has 2 aromatic rings. The van der Waals surface area contributed by atoms with Gasteiger partial charge in [-0.3, -0.25) is 4.79 Å². The summed E-state index contributed by atoms with van der Waals surface area (Å²) in [6.07, 6.45) is 1.14. The summed E-state index contributed by atoms with van der Waals surface area (Å²) >= 11 is 0. The number of nitrogen functional groups attached to an aromatic ring is 1. The second-order valence-electron chi connectivity index (χ2n) is 5.36. The van der Waals surface area contributed by atoms with E-state index < -0.39 is 0 Å². The Morgan fingerprint density at radius 3 is 2.60 bits per heavy atom. The summed E-state index contributed by atoms with van der Waals surface area (Å²) in [6, 6.07) is 16.5. The number of ketones is 1. The topological polar surface area (TPSA) is 55.1 Å². The van der Waals surface area contributed by atoms with Gasteiger partial charge in [-0.05, 0) is 37.1 Å². The van der Waals surface area contributed by atoms with E-state index in [9.17, 15) is 4.79 Å². The third-order valence-corrected chi connectivity index (χ3v) is 3.80. The van der Waals surface area contributed by atoms with Crippen LogP contribution in [0.4, 0.5) is 11.4 Å². The molecule has 0 aromatic heterocycles. The van der Waals surface area contributed by atoms with E-state index in [1.807, 2.05) is 18.2 Å². The fraction of sp³-hybridized carbons (Fsp3) is 0.235. The molecule has 3 N–H and O–H groups in total. The van der Waals surface area contributed by atoms with Crippen LogP contribution in [0.25, 0.3) is 0 Å². The molecule has 1 saturated carbocycles. The minimum atomic E-state index is 0.00244. The first-order valence-corrected chi connectivity index (χ1v) is 6.87. The standard InChI is InChI=1S/C17H18N2O/c1-11(20)14-8-7-13(9-16(14)18)19-17-10-15(17)12-5-3-2-4-6-12/h2-9,15,17,19H,10,18H2,1H3.